The van der Waals surface area contributed by atoms with Gasteiger partial charge in [-0.25, -0.2) is 4.68 Å². The van der Waals surface area contributed by atoms with Crippen molar-refractivity contribution in [2.24, 2.45) is 0 Å². The first-order chi connectivity index (χ1) is 10.2. The Kier molecular flexibility index (Phi) is 3.78. The maximum absolute atomic E-state index is 11.7. The predicted molar refractivity (Wildman–Crippen MR) is 71.1 cm³/mol. The number of rotatable bonds is 6. The Morgan fingerprint density at radius 1 is 1.43 bits per heavy atom. The van der Waals surface area contributed by atoms with Crippen LogP contribution in [0.2, 0.25) is 0 Å². The molecule has 2 amide bonds. The van der Waals surface area contributed by atoms with Crippen molar-refractivity contribution in [3.8, 4) is 0 Å². The van der Waals surface area contributed by atoms with Crippen LogP contribution in [0.3, 0.4) is 0 Å². The highest BCUT2D eigenvalue weighted by Crippen LogP contribution is 2.18. The van der Waals surface area contributed by atoms with Crippen LogP contribution in [0.5, 0.6) is 0 Å². The van der Waals surface area contributed by atoms with Crippen LogP contribution in [0.1, 0.15) is 29.1 Å². The van der Waals surface area contributed by atoms with Gasteiger partial charge >= 0.3 is 0 Å². The molecule has 0 saturated heterocycles. The lowest BCUT2D eigenvalue weighted by Crippen LogP contribution is -2.33. The van der Waals surface area contributed by atoms with Gasteiger partial charge in [0.25, 0.3) is 5.91 Å². The second-order valence-electron chi connectivity index (χ2n) is 4.92. The van der Waals surface area contributed by atoms with E-state index in [1.807, 2.05) is 0 Å². The lowest BCUT2D eigenvalue weighted by Gasteiger charge is -2.01. The minimum atomic E-state index is -0.569. The summed E-state index contributed by atoms with van der Waals surface area (Å²) in [6.45, 7) is 0.570. The second-order valence-corrected chi connectivity index (χ2v) is 4.92. The molecule has 1 fully saturated rings. The van der Waals surface area contributed by atoms with E-state index in [1.54, 1.807) is 12.3 Å². The van der Waals surface area contributed by atoms with Crippen LogP contribution in [-0.2, 0) is 17.9 Å². The molecule has 1 aliphatic carbocycles. The lowest BCUT2D eigenvalue weighted by atomic mass is 10.4. The number of carbonyl (C=O) groups excluding carboxylic acids is 2. The van der Waals surface area contributed by atoms with Crippen molar-refractivity contribution in [3.63, 3.8) is 0 Å². The van der Waals surface area contributed by atoms with E-state index in [4.69, 9.17) is 4.42 Å². The van der Waals surface area contributed by atoms with Crippen molar-refractivity contribution < 1.29 is 14.0 Å². The summed E-state index contributed by atoms with van der Waals surface area (Å²) in [4.78, 5) is 23.3. The molecule has 8 nitrogen and oxygen atoms in total. The molecule has 1 saturated carbocycles. The van der Waals surface area contributed by atoms with Crippen molar-refractivity contribution in [3.05, 3.63) is 36.0 Å². The molecule has 110 valence electrons. The Bertz CT molecular complexity index is 630. The highest BCUT2D eigenvalue weighted by Gasteiger charge is 2.20. The van der Waals surface area contributed by atoms with Gasteiger partial charge in [-0.3, -0.25) is 14.9 Å². The normalized spacial score (nSPS) is 14.1. The summed E-state index contributed by atoms with van der Waals surface area (Å²) in [7, 11) is 0. The Labute approximate surface area is 120 Å². The van der Waals surface area contributed by atoms with Gasteiger partial charge in [-0.1, -0.05) is 5.21 Å². The van der Waals surface area contributed by atoms with Crippen molar-refractivity contribution >= 4 is 11.8 Å². The number of nitrogens with zero attached hydrogens (tertiary/aromatic N) is 3. The Morgan fingerprint density at radius 2 is 2.29 bits per heavy atom. The molecule has 0 unspecified atom stereocenters. The number of hydrogen-bond donors (Lipinski definition) is 2. The number of carbonyl (C=O) groups is 2. The smallest absolute Gasteiger partial charge is 0.293 e. The van der Waals surface area contributed by atoms with Crippen LogP contribution in [0.25, 0.3) is 0 Å². The first-order valence-electron chi connectivity index (χ1n) is 6.71. The molecule has 2 N–H and O–H groups in total. The topological polar surface area (TPSA) is 102 Å². The number of hydrogen-bond acceptors (Lipinski definition) is 6. The third-order valence-electron chi connectivity index (χ3n) is 3.04. The van der Waals surface area contributed by atoms with Gasteiger partial charge in [0, 0.05) is 12.6 Å². The van der Waals surface area contributed by atoms with Gasteiger partial charge < -0.3 is 9.73 Å². The van der Waals surface area contributed by atoms with Crippen LogP contribution in [-0.4, -0.2) is 32.9 Å². The first-order valence-corrected chi connectivity index (χ1v) is 6.71. The van der Waals surface area contributed by atoms with Gasteiger partial charge in [0.2, 0.25) is 5.91 Å². The SMILES string of the molecule is O=C(Cn1cc(CNC2CC2)nn1)NC(=O)c1ccco1. The number of aromatic nitrogens is 3. The average molecular weight is 289 g/mol. The molecule has 0 spiro atoms. The van der Waals surface area contributed by atoms with Gasteiger partial charge in [-0.2, -0.15) is 0 Å². The van der Waals surface area contributed by atoms with Crippen molar-refractivity contribution in [2.45, 2.75) is 32.0 Å². The number of imide groups is 1. The van der Waals surface area contributed by atoms with Crippen molar-refractivity contribution in [1.82, 2.24) is 25.6 Å². The minimum absolute atomic E-state index is 0.0666. The average Bonchev–Trinajstić information content (AvgIpc) is 2.95. The van der Waals surface area contributed by atoms with Crippen molar-refractivity contribution in [2.75, 3.05) is 0 Å². The fourth-order valence-corrected chi connectivity index (χ4v) is 1.82. The highest BCUT2D eigenvalue weighted by atomic mass is 16.3. The first kappa shape index (κ1) is 13.5. The van der Waals surface area contributed by atoms with Gasteiger partial charge in [0.05, 0.1) is 18.2 Å². The molecule has 0 aromatic carbocycles. The van der Waals surface area contributed by atoms with E-state index in [-0.39, 0.29) is 12.3 Å². The summed E-state index contributed by atoms with van der Waals surface area (Å²) < 4.78 is 6.30. The van der Waals surface area contributed by atoms with E-state index < -0.39 is 11.8 Å². The minimum Gasteiger partial charge on any atom is -0.459 e. The number of amides is 2. The van der Waals surface area contributed by atoms with Crippen LogP contribution in [0, 0.1) is 0 Å². The summed E-state index contributed by atoms with van der Waals surface area (Å²) >= 11 is 0. The molecule has 2 aromatic rings. The standard InChI is InChI=1S/C13H15N5O3/c19-12(15-13(20)11-2-1-5-21-11)8-18-7-10(16-17-18)6-14-9-3-4-9/h1-2,5,7,9,14H,3-4,6,8H2,(H,15,19,20). The fraction of sp³-hybridized carbons (Fsp3) is 0.385. The van der Waals surface area contributed by atoms with Gasteiger partial charge in [-0.15, -0.1) is 5.10 Å². The molecule has 0 radical (unpaired) electrons. The van der Waals surface area contributed by atoms with E-state index >= 15 is 0 Å². The van der Waals surface area contributed by atoms with Gasteiger partial charge in [-0.05, 0) is 25.0 Å². The van der Waals surface area contributed by atoms with E-state index in [2.05, 4.69) is 20.9 Å². The third-order valence-corrected chi connectivity index (χ3v) is 3.04. The largest absolute Gasteiger partial charge is 0.459 e. The zero-order valence-corrected chi connectivity index (χ0v) is 11.3. The number of nitrogens with one attached hydrogen (secondary N) is 2. The van der Waals surface area contributed by atoms with Gasteiger partial charge in [0.15, 0.2) is 5.76 Å². The summed E-state index contributed by atoms with van der Waals surface area (Å²) in [6, 6.07) is 3.65. The van der Waals surface area contributed by atoms with Crippen molar-refractivity contribution in [1.29, 1.82) is 0 Å². The molecule has 2 heterocycles. The summed E-state index contributed by atoms with van der Waals surface area (Å²) in [5.74, 6) is -0.944. The predicted octanol–water partition coefficient (Wildman–Crippen LogP) is 0.0797. The van der Waals surface area contributed by atoms with Crippen LogP contribution >= 0.6 is 0 Å². The van der Waals surface area contributed by atoms with Crippen LogP contribution in [0.4, 0.5) is 0 Å². The van der Waals surface area contributed by atoms with E-state index in [1.165, 1.54) is 29.9 Å². The zero-order valence-electron chi connectivity index (χ0n) is 11.3. The molecule has 2 aromatic heterocycles. The highest BCUT2D eigenvalue weighted by molar-refractivity contribution is 6.02. The molecule has 1 aliphatic rings. The molecule has 21 heavy (non-hydrogen) atoms. The molecule has 8 heteroatoms. The molecule has 3 rings (SSSR count). The van der Waals surface area contributed by atoms with E-state index in [9.17, 15) is 9.59 Å². The Balaban J connectivity index is 1.48. The Hall–Kier alpha value is -2.48. The van der Waals surface area contributed by atoms with E-state index in [0.717, 1.165) is 5.69 Å². The zero-order chi connectivity index (χ0) is 14.7. The molecule has 0 aliphatic heterocycles. The summed E-state index contributed by atoms with van der Waals surface area (Å²) in [5.41, 5.74) is 0.770. The Morgan fingerprint density at radius 3 is 3.00 bits per heavy atom. The second kappa shape index (κ2) is 5.88. The van der Waals surface area contributed by atoms with Crippen LogP contribution in [0.15, 0.2) is 29.0 Å². The quantitative estimate of drug-likeness (QED) is 0.781. The summed E-state index contributed by atoms with van der Waals surface area (Å²) in [5, 5.41) is 13.4. The van der Waals surface area contributed by atoms with E-state index in [0.29, 0.717) is 12.6 Å². The van der Waals surface area contributed by atoms with Crippen LogP contribution < -0.4 is 10.6 Å². The molecular formula is C13H15N5O3. The maximum Gasteiger partial charge on any atom is 0.293 e. The molecule has 0 atom stereocenters. The lowest BCUT2D eigenvalue weighted by molar-refractivity contribution is -0.120. The maximum atomic E-state index is 11.7. The number of furan rings is 1. The molecular weight excluding hydrogens is 274 g/mol. The van der Waals surface area contributed by atoms with Gasteiger partial charge in [0.1, 0.15) is 6.54 Å². The molecule has 0 bridgehead atoms. The summed E-state index contributed by atoms with van der Waals surface area (Å²) in [6.07, 6.45) is 5.46. The third kappa shape index (κ3) is 3.76. The fourth-order valence-electron chi connectivity index (χ4n) is 1.82. The monoisotopic (exact) mass is 289 g/mol.